The summed E-state index contributed by atoms with van der Waals surface area (Å²) in [7, 11) is 0.576. The fourth-order valence-electron chi connectivity index (χ4n) is 1.35. The predicted molar refractivity (Wildman–Crippen MR) is 76.8 cm³/mol. The molecule has 0 spiro atoms. The molecule has 0 heterocycles. The molecule has 1 unspecified atom stereocenters. The van der Waals surface area contributed by atoms with Crippen LogP contribution in [0.1, 0.15) is 31.1 Å². The van der Waals surface area contributed by atoms with E-state index in [1.165, 1.54) is 0 Å². The molecule has 0 aliphatic rings. The fraction of sp³-hybridized carbons (Fsp3) is 0.417. The summed E-state index contributed by atoms with van der Waals surface area (Å²) in [5.74, 6) is -4.20. The molecule has 0 aliphatic heterocycles. The van der Waals surface area contributed by atoms with E-state index in [4.69, 9.17) is 15.4 Å². The molecule has 1 aromatic carbocycles. The van der Waals surface area contributed by atoms with Gasteiger partial charge in [0, 0.05) is 15.2 Å². The van der Waals surface area contributed by atoms with Gasteiger partial charge in [-0.25, -0.2) is 22.0 Å². The van der Waals surface area contributed by atoms with Gasteiger partial charge in [-0.05, 0) is 34.8 Å². The standard InChI is InChI=1S/C12H12BrClF2O4S/c1-5(2)6(3)20-12(17)9-8(15)4-7(13)11(10(9)16)21(14,18)19/h4-6H,1-3H3. The summed E-state index contributed by atoms with van der Waals surface area (Å²) in [6, 6.07) is 0.648. The van der Waals surface area contributed by atoms with Crippen LogP contribution in [-0.2, 0) is 13.8 Å². The van der Waals surface area contributed by atoms with Gasteiger partial charge in [0.05, 0.1) is 0 Å². The minimum absolute atomic E-state index is 0.0771. The van der Waals surface area contributed by atoms with Crippen molar-refractivity contribution in [2.75, 3.05) is 0 Å². The lowest BCUT2D eigenvalue weighted by atomic mass is 10.1. The third-order valence-electron chi connectivity index (χ3n) is 2.81. The zero-order chi connectivity index (χ0) is 16.5. The monoisotopic (exact) mass is 404 g/mol. The van der Waals surface area contributed by atoms with Gasteiger partial charge >= 0.3 is 5.97 Å². The maximum atomic E-state index is 14.2. The molecule has 1 rings (SSSR count). The van der Waals surface area contributed by atoms with Crippen LogP contribution in [0.4, 0.5) is 8.78 Å². The molecule has 0 saturated carbocycles. The second kappa shape index (κ2) is 6.58. The summed E-state index contributed by atoms with van der Waals surface area (Å²) in [5.41, 5.74) is -1.09. The molecule has 1 aromatic rings. The first-order valence-corrected chi connectivity index (χ1v) is 8.90. The van der Waals surface area contributed by atoms with Crippen molar-refractivity contribution in [2.24, 2.45) is 5.92 Å². The lowest BCUT2D eigenvalue weighted by molar-refractivity contribution is 0.0226. The van der Waals surface area contributed by atoms with E-state index in [1.54, 1.807) is 20.8 Å². The van der Waals surface area contributed by atoms with E-state index in [1.807, 2.05) is 0 Å². The van der Waals surface area contributed by atoms with Gasteiger partial charge in [0.2, 0.25) is 0 Å². The molecule has 0 aromatic heterocycles. The number of benzene rings is 1. The zero-order valence-corrected chi connectivity index (χ0v) is 14.4. The quantitative estimate of drug-likeness (QED) is 0.564. The summed E-state index contributed by atoms with van der Waals surface area (Å²) in [4.78, 5) is 10.8. The Hall–Kier alpha value is -0.730. The Bertz CT molecular complexity index is 676. The Labute approximate surface area is 134 Å². The smallest absolute Gasteiger partial charge is 0.344 e. The third kappa shape index (κ3) is 4.14. The normalized spacial score (nSPS) is 13.3. The Morgan fingerprint density at radius 1 is 1.33 bits per heavy atom. The summed E-state index contributed by atoms with van der Waals surface area (Å²) < 4.78 is 55.0. The molecule has 0 amide bonds. The number of ether oxygens (including phenoxy) is 1. The summed E-state index contributed by atoms with van der Waals surface area (Å²) in [5, 5.41) is 0. The Morgan fingerprint density at radius 3 is 2.29 bits per heavy atom. The van der Waals surface area contributed by atoms with E-state index in [-0.39, 0.29) is 5.92 Å². The molecular formula is C12H12BrClF2O4S. The van der Waals surface area contributed by atoms with Crippen LogP contribution < -0.4 is 0 Å². The van der Waals surface area contributed by atoms with Gasteiger partial charge in [-0.3, -0.25) is 0 Å². The molecule has 9 heteroatoms. The maximum Gasteiger partial charge on any atom is 0.344 e. The van der Waals surface area contributed by atoms with E-state index in [0.717, 1.165) is 0 Å². The highest BCUT2D eigenvalue weighted by atomic mass is 79.9. The Kier molecular flexibility index (Phi) is 5.74. The van der Waals surface area contributed by atoms with Crippen LogP contribution in [0.5, 0.6) is 0 Å². The maximum absolute atomic E-state index is 14.2. The Morgan fingerprint density at radius 2 is 1.86 bits per heavy atom. The van der Waals surface area contributed by atoms with Crippen LogP contribution in [0.2, 0.25) is 0 Å². The molecule has 0 fully saturated rings. The van der Waals surface area contributed by atoms with Crippen molar-refractivity contribution in [3.8, 4) is 0 Å². The van der Waals surface area contributed by atoms with Crippen LogP contribution in [0.15, 0.2) is 15.4 Å². The highest BCUT2D eigenvalue weighted by Gasteiger charge is 2.30. The van der Waals surface area contributed by atoms with E-state index in [9.17, 15) is 22.0 Å². The first-order valence-electron chi connectivity index (χ1n) is 5.80. The SMILES string of the molecule is CC(C)C(C)OC(=O)c1c(F)cc(Br)c(S(=O)(=O)Cl)c1F. The Balaban J connectivity index is 3.41. The number of carbonyl (C=O) groups is 1. The summed E-state index contributed by atoms with van der Waals surface area (Å²) in [6.45, 7) is 5.05. The van der Waals surface area contributed by atoms with Gasteiger partial charge < -0.3 is 4.74 Å². The molecule has 0 radical (unpaired) electrons. The van der Waals surface area contributed by atoms with Crippen molar-refractivity contribution < 1.29 is 26.7 Å². The average molecular weight is 406 g/mol. The molecule has 0 aliphatic carbocycles. The molecule has 4 nitrogen and oxygen atoms in total. The lowest BCUT2D eigenvalue weighted by Gasteiger charge is -2.17. The van der Waals surface area contributed by atoms with E-state index in [0.29, 0.717) is 6.07 Å². The molecule has 0 N–H and O–H groups in total. The van der Waals surface area contributed by atoms with Gasteiger partial charge in [0.15, 0.2) is 5.82 Å². The van der Waals surface area contributed by atoms with Crippen molar-refractivity contribution in [3.63, 3.8) is 0 Å². The number of halogens is 4. The first kappa shape index (κ1) is 18.3. The fourth-order valence-corrected chi connectivity index (χ4v) is 3.70. The highest BCUT2D eigenvalue weighted by Crippen LogP contribution is 2.32. The molecule has 0 saturated heterocycles. The van der Waals surface area contributed by atoms with Crippen LogP contribution in [0.25, 0.3) is 0 Å². The van der Waals surface area contributed by atoms with Gasteiger partial charge in [-0.2, -0.15) is 0 Å². The minimum Gasteiger partial charge on any atom is -0.459 e. The summed E-state index contributed by atoms with van der Waals surface area (Å²) >= 11 is 2.70. The topological polar surface area (TPSA) is 60.4 Å². The molecule has 0 bridgehead atoms. The minimum atomic E-state index is -4.51. The van der Waals surface area contributed by atoms with Crippen LogP contribution in [0.3, 0.4) is 0 Å². The van der Waals surface area contributed by atoms with Crippen molar-refractivity contribution >= 4 is 41.6 Å². The van der Waals surface area contributed by atoms with Crippen molar-refractivity contribution in [2.45, 2.75) is 31.8 Å². The average Bonchev–Trinajstić information content (AvgIpc) is 2.25. The van der Waals surface area contributed by atoms with Gasteiger partial charge in [0.25, 0.3) is 9.05 Å². The second-order valence-electron chi connectivity index (χ2n) is 4.65. The van der Waals surface area contributed by atoms with E-state index in [2.05, 4.69) is 15.9 Å². The van der Waals surface area contributed by atoms with Crippen molar-refractivity contribution in [3.05, 3.63) is 27.7 Å². The number of carbonyl (C=O) groups excluding carboxylic acids is 1. The largest absolute Gasteiger partial charge is 0.459 e. The molecule has 1 atom stereocenters. The molecule has 21 heavy (non-hydrogen) atoms. The van der Waals surface area contributed by atoms with Crippen LogP contribution in [-0.4, -0.2) is 20.5 Å². The third-order valence-corrected chi connectivity index (χ3v) is 5.05. The van der Waals surface area contributed by atoms with Crippen LogP contribution >= 0.6 is 26.6 Å². The van der Waals surface area contributed by atoms with E-state index < -0.39 is 47.7 Å². The number of esters is 1. The first-order chi connectivity index (χ1) is 9.46. The van der Waals surface area contributed by atoms with E-state index >= 15 is 0 Å². The lowest BCUT2D eigenvalue weighted by Crippen LogP contribution is -2.22. The highest BCUT2D eigenvalue weighted by molar-refractivity contribution is 9.10. The van der Waals surface area contributed by atoms with Gasteiger partial charge in [0.1, 0.15) is 22.4 Å². The molecular weight excluding hydrogens is 394 g/mol. The second-order valence-corrected chi connectivity index (χ2v) is 8.01. The summed E-state index contributed by atoms with van der Waals surface area (Å²) in [6.07, 6.45) is -0.601. The van der Waals surface area contributed by atoms with Gasteiger partial charge in [-0.15, -0.1) is 0 Å². The number of rotatable bonds is 4. The van der Waals surface area contributed by atoms with Crippen molar-refractivity contribution in [1.82, 2.24) is 0 Å². The number of hydrogen-bond acceptors (Lipinski definition) is 4. The van der Waals surface area contributed by atoms with Crippen LogP contribution in [0, 0.1) is 17.6 Å². The van der Waals surface area contributed by atoms with Crippen molar-refractivity contribution in [1.29, 1.82) is 0 Å². The number of hydrogen-bond donors (Lipinski definition) is 0. The zero-order valence-electron chi connectivity index (χ0n) is 11.3. The van der Waals surface area contributed by atoms with Gasteiger partial charge in [-0.1, -0.05) is 13.8 Å². The predicted octanol–water partition coefficient (Wildman–Crippen LogP) is 3.86. The molecule has 118 valence electrons.